The predicted molar refractivity (Wildman–Crippen MR) is 78.8 cm³/mol. The van der Waals surface area contributed by atoms with Crippen LogP contribution in [-0.4, -0.2) is 16.2 Å². The van der Waals surface area contributed by atoms with Crippen LogP contribution in [-0.2, 0) is 0 Å². The van der Waals surface area contributed by atoms with Gasteiger partial charge in [-0.15, -0.1) is 0 Å². The third-order valence-electron chi connectivity index (χ3n) is 3.53. The van der Waals surface area contributed by atoms with Gasteiger partial charge in [-0.25, -0.2) is 4.79 Å². The van der Waals surface area contributed by atoms with Crippen molar-refractivity contribution in [2.75, 3.05) is 0 Å². The SMILES string of the molecule is CCC(O)c1cc(-c2ccccc2)cc(C(=O)O)c1C. The van der Waals surface area contributed by atoms with E-state index in [-0.39, 0.29) is 5.56 Å². The molecule has 0 saturated heterocycles. The molecule has 0 aliphatic rings. The predicted octanol–water partition coefficient (Wildman–Crippen LogP) is 3.80. The second-order valence-corrected chi connectivity index (χ2v) is 4.83. The number of hydrogen-bond acceptors (Lipinski definition) is 2. The van der Waals surface area contributed by atoms with Gasteiger partial charge in [0.2, 0.25) is 0 Å². The summed E-state index contributed by atoms with van der Waals surface area (Å²) in [4.78, 5) is 11.4. The molecular weight excluding hydrogens is 252 g/mol. The highest BCUT2D eigenvalue weighted by atomic mass is 16.4. The summed E-state index contributed by atoms with van der Waals surface area (Å²) in [6.07, 6.45) is -0.0882. The molecule has 104 valence electrons. The Labute approximate surface area is 118 Å². The molecule has 0 spiro atoms. The van der Waals surface area contributed by atoms with Gasteiger partial charge in [-0.2, -0.15) is 0 Å². The molecule has 2 rings (SSSR count). The lowest BCUT2D eigenvalue weighted by atomic mass is 9.92. The van der Waals surface area contributed by atoms with Crippen LogP contribution < -0.4 is 0 Å². The second kappa shape index (κ2) is 5.88. The van der Waals surface area contributed by atoms with Gasteiger partial charge in [0.15, 0.2) is 0 Å². The van der Waals surface area contributed by atoms with E-state index in [0.29, 0.717) is 17.5 Å². The van der Waals surface area contributed by atoms with Crippen LogP contribution in [0, 0.1) is 6.92 Å². The molecule has 0 heterocycles. The summed E-state index contributed by atoms with van der Waals surface area (Å²) in [5.41, 5.74) is 3.32. The Morgan fingerprint density at radius 1 is 1.15 bits per heavy atom. The summed E-state index contributed by atoms with van der Waals surface area (Å²) in [7, 11) is 0. The van der Waals surface area contributed by atoms with E-state index in [1.165, 1.54) is 0 Å². The Balaban J connectivity index is 2.65. The molecule has 3 heteroatoms. The van der Waals surface area contributed by atoms with Gasteiger partial charge in [-0.05, 0) is 47.7 Å². The van der Waals surface area contributed by atoms with Crippen LogP contribution in [0.1, 0.15) is 40.9 Å². The fourth-order valence-corrected chi connectivity index (χ4v) is 2.32. The molecule has 0 aromatic heterocycles. The van der Waals surface area contributed by atoms with Crippen molar-refractivity contribution < 1.29 is 15.0 Å². The third kappa shape index (κ3) is 2.73. The number of aliphatic hydroxyl groups is 1. The van der Waals surface area contributed by atoms with Gasteiger partial charge < -0.3 is 10.2 Å². The molecule has 1 atom stereocenters. The summed E-state index contributed by atoms with van der Waals surface area (Å²) < 4.78 is 0. The largest absolute Gasteiger partial charge is 0.478 e. The van der Waals surface area contributed by atoms with Gasteiger partial charge in [0.05, 0.1) is 11.7 Å². The number of carbonyl (C=O) groups is 1. The monoisotopic (exact) mass is 270 g/mol. The quantitative estimate of drug-likeness (QED) is 0.888. The Bertz CT molecular complexity index is 618. The Hall–Kier alpha value is -2.13. The lowest BCUT2D eigenvalue weighted by Gasteiger charge is -2.16. The Kier molecular flexibility index (Phi) is 4.20. The maximum Gasteiger partial charge on any atom is 0.335 e. The fourth-order valence-electron chi connectivity index (χ4n) is 2.32. The van der Waals surface area contributed by atoms with Gasteiger partial charge in [0.25, 0.3) is 0 Å². The van der Waals surface area contributed by atoms with Gasteiger partial charge in [0.1, 0.15) is 0 Å². The van der Waals surface area contributed by atoms with Gasteiger partial charge in [-0.1, -0.05) is 37.3 Å². The van der Waals surface area contributed by atoms with Gasteiger partial charge >= 0.3 is 5.97 Å². The standard InChI is InChI=1S/C17H18O3/c1-3-16(18)14-9-13(12-7-5-4-6-8-12)10-15(11(14)2)17(19)20/h4-10,16,18H,3H2,1-2H3,(H,19,20). The van der Waals surface area contributed by atoms with E-state index in [4.69, 9.17) is 0 Å². The molecule has 0 saturated carbocycles. The summed E-state index contributed by atoms with van der Waals surface area (Å²) in [5.74, 6) is -0.968. The molecule has 2 aromatic rings. The molecule has 2 N–H and O–H groups in total. The zero-order chi connectivity index (χ0) is 14.7. The van der Waals surface area contributed by atoms with E-state index in [2.05, 4.69) is 0 Å². The first-order valence-electron chi connectivity index (χ1n) is 6.66. The van der Waals surface area contributed by atoms with E-state index < -0.39 is 12.1 Å². The summed E-state index contributed by atoms with van der Waals surface area (Å²) in [5, 5.41) is 19.4. The molecule has 0 radical (unpaired) electrons. The van der Waals surface area contributed by atoms with Crippen LogP contribution in [0.2, 0.25) is 0 Å². The molecule has 3 nitrogen and oxygen atoms in total. The van der Waals surface area contributed by atoms with Crippen molar-refractivity contribution in [1.29, 1.82) is 0 Å². The van der Waals surface area contributed by atoms with Crippen molar-refractivity contribution in [1.82, 2.24) is 0 Å². The molecule has 0 aliphatic carbocycles. The average Bonchev–Trinajstić information content (AvgIpc) is 2.47. The first kappa shape index (κ1) is 14.3. The average molecular weight is 270 g/mol. The van der Waals surface area contributed by atoms with Crippen molar-refractivity contribution in [2.45, 2.75) is 26.4 Å². The van der Waals surface area contributed by atoms with Crippen LogP contribution in [0.4, 0.5) is 0 Å². The molecule has 0 bridgehead atoms. The van der Waals surface area contributed by atoms with Crippen LogP contribution in [0.25, 0.3) is 11.1 Å². The number of rotatable bonds is 4. The van der Waals surface area contributed by atoms with Gasteiger partial charge in [-0.3, -0.25) is 0 Å². The van der Waals surface area contributed by atoms with Crippen molar-refractivity contribution in [3.8, 4) is 11.1 Å². The lowest BCUT2D eigenvalue weighted by Crippen LogP contribution is -2.07. The van der Waals surface area contributed by atoms with Crippen LogP contribution >= 0.6 is 0 Å². The third-order valence-corrected chi connectivity index (χ3v) is 3.53. The minimum absolute atomic E-state index is 0.244. The Morgan fingerprint density at radius 2 is 1.80 bits per heavy atom. The lowest BCUT2D eigenvalue weighted by molar-refractivity contribution is 0.0695. The second-order valence-electron chi connectivity index (χ2n) is 4.83. The van der Waals surface area contributed by atoms with Crippen molar-refractivity contribution >= 4 is 5.97 Å². The first-order chi connectivity index (χ1) is 9.54. The summed E-state index contributed by atoms with van der Waals surface area (Å²) in [6, 6.07) is 13.1. The van der Waals surface area contributed by atoms with Gasteiger partial charge in [0, 0.05) is 0 Å². The number of aliphatic hydroxyl groups excluding tert-OH is 1. The van der Waals surface area contributed by atoms with E-state index in [9.17, 15) is 15.0 Å². The molecule has 2 aromatic carbocycles. The minimum atomic E-state index is -0.968. The number of aromatic carboxylic acids is 1. The maximum absolute atomic E-state index is 11.4. The normalized spacial score (nSPS) is 12.2. The minimum Gasteiger partial charge on any atom is -0.478 e. The molecule has 1 unspecified atom stereocenters. The zero-order valence-corrected chi connectivity index (χ0v) is 11.6. The van der Waals surface area contributed by atoms with E-state index in [1.54, 1.807) is 13.0 Å². The Morgan fingerprint density at radius 3 is 2.35 bits per heavy atom. The van der Waals surface area contributed by atoms with Crippen LogP contribution in [0.3, 0.4) is 0 Å². The van der Waals surface area contributed by atoms with Crippen molar-refractivity contribution in [2.24, 2.45) is 0 Å². The highest BCUT2D eigenvalue weighted by molar-refractivity contribution is 5.91. The number of carboxylic acids is 1. The fraction of sp³-hybridized carbons (Fsp3) is 0.235. The van der Waals surface area contributed by atoms with Crippen molar-refractivity contribution in [3.63, 3.8) is 0 Å². The molecule has 0 amide bonds. The topological polar surface area (TPSA) is 57.5 Å². The van der Waals surface area contributed by atoms with E-state index in [1.807, 2.05) is 43.3 Å². The van der Waals surface area contributed by atoms with Crippen LogP contribution in [0.15, 0.2) is 42.5 Å². The van der Waals surface area contributed by atoms with Crippen LogP contribution in [0.5, 0.6) is 0 Å². The summed E-state index contributed by atoms with van der Waals surface area (Å²) >= 11 is 0. The number of benzene rings is 2. The smallest absolute Gasteiger partial charge is 0.335 e. The molecular formula is C17H18O3. The summed E-state index contributed by atoms with van der Waals surface area (Å²) in [6.45, 7) is 3.62. The number of carboxylic acid groups (broad SMARTS) is 1. The number of hydrogen-bond donors (Lipinski definition) is 2. The van der Waals surface area contributed by atoms with E-state index >= 15 is 0 Å². The van der Waals surface area contributed by atoms with Crippen molar-refractivity contribution in [3.05, 3.63) is 59.2 Å². The zero-order valence-electron chi connectivity index (χ0n) is 11.6. The highest BCUT2D eigenvalue weighted by Gasteiger charge is 2.17. The molecule has 20 heavy (non-hydrogen) atoms. The first-order valence-corrected chi connectivity index (χ1v) is 6.66. The molecule has 0 aliphatic heterocycles. The maximum atomic E-state index is 11.4. The molecule has 0 fully saturated rings. The van der Waals surface area contributed by atoms with E-state index in [0.717, 1.165) is 11.1 Å². The highest BCUT2D eigenvalue weighted by Crippen LogP contribution is 2.30.